The molecular formula is C15H17ClN2OS. The number of hydrogen-bond donors (Lipinski definition) is 1. The van der Waals surface area contributed by atoms with Crippen LogP contribution in [0, 0.1) is 0 Å². The standard InChI is InChI=1S/C15H17ClN2OS/c1-18(9-10-5-2-3-6-11(10)16)15-17-14-12(19)7-4-8-13(14)20-15/h2-3,5-6,12,19H,4,7-9H2,1H3. The summed E-state index contributed by atoms with van der Waals surface area (Å²) in [6.07, 6.45) is 2.51. The Morgan fingerprint density at radius 3 is 3.00 bits per heavy atom. The third-order valence-electron chi connectivity index (χ3n) is 3.61. The normalized spacial score (nSPS) is 17.9. The fourth-order valence-electron chi connectivity index (χ4n) is 2.50. The molecule has 0 saturated carbocycles. The number of anilines is 1. The van der Waals surface area contributed by atoms with Crippen LogP contribution in [0.1, 0.15) is 35.1 Å². The molecule has 3 nitrogen and oxygen atoms in total. The highest BCUT2D eigenvalue weighted by Crippen LogP contribution is 2.36. The molecule has 0 bridgehead atoms. The third-order valence-corrected chi connectivity index (χ3v) is 5.22. The first-order valence-corrected chi connectivity index (χ1v) is 7.97. The first-order chi connectivity index (χ1) is 9.65. The summed E-state index contributed by atoms with van der Waals surface area (Å²) in [7, 11) is 2.01. The molecule has 20 heavy (non-hydrogen) atoms. The van der Waals surface area contributed by atoms with Gasteiger partial charge in [-0.2, -0.15) is 0 Å². The number of aliphatic hydroxyl groups excluding tert-OH is 1. The topological polar surface area (TPSA) is 36.4 Å². The predicted octanol–water partition coefficient (Wildman–Crippen LogP) is 3.80. The Hall–Kier alpha value is -1.10. The van der Waals surface area contributed by atoms with Gasteiger partial charge in [0, 0.05) is 23.5 Å². The highest BCUT2D eigenvalue weighted by molar-refractivity contribution is 7.15. The molecule has 0 amide bonds. The van der Waals surface area contributed by atoms with Gasteiger partial charge in [0.25, 0.3) is 0 Å². The van der Waals surface area contributed by atoms with E-state index in [9.17, 15) is 5.11 Å². The van der Waals surface area contributed by atoms with Crippen LogP contribution in [0.5, 0.6) is 0 Å². The van der Waals surface area contributed by atoms with Crippen molar-refractivity contribution in [2.75, 3.05) is 11.9 Å². The molecule has 106 valence electrons. The maximum absolute atomic E-state index is 9.99. The second-order valence-corrected chi connectivity index (χ2v) is 6.63. The number of hydrogen-bond acceptors (Lipinski definition) is 4. The lowest BCUT2D eigenvalue weighted by Gasteiger charge is -2.16. The average molecular weight is 309 g/mol. The second-order valence-electron chi connectivity index (χ2n) is 5.16. The smallest absolute Gasteiger partial charge is 0.185 e. The van der Waals surface area contributed by atoms with Crippen molar-refractivity contribution in [2.45, 2.75) is 31.9 Å². The Kier molecular flexibility index (Phi) is 3.96. The van der Waals surface area contributed by atoms with Crippen LogP contribution in [0.4, 0.5) is 5.13 Å². The van der Waals surface area contributed by atoms with E-state index >= 15 is 0 Å². The zero-order valence-electron chi connectivity index (χ0n) is 11.3. The van der Waals surface area contributed by atoms with Gasteiger partial charge in [-0.15, -0.1) is 11.3 Å². The summed E-state index contributed by atoms with van der Waals surface area (Å²) < 4.78 is 0. The molecule has 1 aromatic heterocycles. The zero-order valence-corrected chi connectivity index (χ0v) is 12.9. The summed E-state index contributed by atoms with van der Waals surface area (Å²) in [5.74, 6) is 0. The Morgan fingerprint density at radius 1 is 1.45 bits per heavy atom. The first kappa shape index (κ1) is 13.9. The van der Waals surface area contributed by atoms with Crippen LogP contribution in [-0.4, -0.2) is 17.1 Å². The van der Waals surface area contributed by atoms with Crippen LogP contribution in [-0.2, 0) is 13.0 Å². The van der Waals surface area contributed by atoms with Gasteiger partial charge in [-0.05, 0) is 30.9 Å². The van der Waals surface area contributed by atoms with E-state index in [0.717, 1.165) is 47.2 Å². The third kappa shape index (κ3) is 2.68. The van der Waals surface area contributed by atoms with E-state index in [-0.39, 0.29) is 0 Å². The van der Waals surface area contributed by atoms with Crippen LogP contribution in [0.3, 0.4) is 0 Å². The predicted molar refractivity (Wildman–Crippen MR) is 83.6 cm³/mol. The van der Waals surface area contributed by atoms with Crippen molar-refractivity contribution in [3.8, 4) is 0 Å². The molecular weight excluding hydrogens is 292 g/mol. The van der Waals surface area contributed by atoms with Gasteiger partial charge in [-0.3, -0.25) is 0 Å². The van der Waals surface area contributed by atoms with Crippen LogP contribution in [0.15, 0.2) is 24.3 Å². The van der Waals surface area contributed by atoms with Crippen molar-refractivity contribution < 1.29 is 5.11 Å². The molecule has 3 rings (SSSR count). The number of aryl methyl sites for hydroxylation is 1. The summed E-state index contributed by atoms with van der Waals surface area (Å²) in [6, 6.07) is 7.86. The first-order valence-electron chi connectivity index (χ1n) is 6.77. The van der Waals surface area contributed by atoms with Gasteiger partial charge in [0.1, 0.15) is 0 Å². The molecule has 2 aromatic rings. The lowest BCUT2D eigenvalue weighted by molar-refractivity contribution is 0.153. The molecule has 1 atom stereocenters. The van der Waals surface area contributed by atoms with Crippen molar-refractivity contribution in [3.63, 3.8) is 0 Å². The Labute approximate surface area is 127 Å². The fourth-order valence-corrected chi connectivity index (χ4v) is 3.81. The SMILES string of the molecule is CN(Cc1ccccc1Cl)c1nc2c(s1)CCCC2O. The largest absolute Gasteiger partial charge is 0.387 e. The molecule has 0 fully saturated rings. The highest BCUT2D eigenvalue weighted by Gasteiger charge is 2.24. The number of thiazole rings is 1. The highest BCUT2D eigenvalue weighted by atomic mass is 35.5. The minimum atomic E-state index is -0.391. The van der Waals surface area contributed by atoms with Crippen LogP contribution < -0.4 is 4.90 Å². The molecule has 1 aliphatic rings. The second kappa shape index (κ2) is 5.72. The molecule has 0 saturated heterocycles. The van der Waals surface area contributed by atoms with Crippen molar-refractivity contribution in [1.29, 1.82) is 0 Å². The van der Waals surface area contributed by atoms with Gasteiger partial charge in [0.2, 0.25) is 0 Å². The van der Waals surface area contributed by atoms with E-state index in [4.69, 9.17) is 11.6 Å². The van der Waals surface area contributed by atoms with E-state index < -0.39 is 6.10 Å². The molecule has 0 radical (unpaired) electrons. The average Bonchev–Trinajstić information content (AvgIpc) is 2.87. The van der Waals surface area contributed by atoms with Crippen molar-refractivity contribution >= 4 is 28.1 Å². The summed E-state index contributed by atoms with van der Waals surface area (Å²) >= 11 is 7.88. The van der Waals surface area contributed by atoms with Crippen molar-refractivity contribution in [3.05, 3.63) is 45.4 Å². The van der Waals surface area contributed by atoms with Gasteiger partial charge >= 0.3 is 0 Å². The van der Waals surface area contributed by atoms with Crippen LogP contribution in [0.2, 0.25) is 5.02 Å². The number of aromatic nitrogens is 1. The summed E-state index contributed by atoms with van der Waals surface area (Å²) in [5.41, 5.74) is 1.97. The maximum atomic E-state index is 9.99. The van der Waals surface area contributed by atoms with Gasteiger partial charge in [0.15, 0.2) is 5.13 Å². The molecule has 5 heteroatoms. The van der Waals surface area contributed by atoms with Gasteiger partial charge in [-0.1, -0.05) is 29.8 Å². The fraction of sp³-hybridized carbons (Fsp3) is 0.400. The molecule has 1 unspecified atom stereocenters. The van der Waals surface area contributed by atoms with E-state index in [1.807, 2.05) is 31.3 Å². The number of nitrogens with zero attached hydrogens (tertiary/aromatic N) is 2. The molecule has 1 heterocycles. The Morgan fingerprint density at radius 2 is 2.25 bits per heavy atom. The number of halogens is 1. The lowest BCUT2D eigenvalue weighted by Crippen LogP contribution is -2.16. The van der Waals surface area contributed by atoms with Crippen LogP contribution in [0.25, 0.3) is 0 Å². The van der Waals surface area contributed by atoms with Gasteiger partial charge < -0.3 is 10.0 Å². The molecule has 0 spiro atoms. The lowest BCUT2D eigenvalue weighted by atomic mass is 10.0. The number of aliphatic hydroxyl groups is 1. The molecule has 1 aromatic carbocycles. The number of rotatable bonds is 3. The number of fused-ring (bicyclic) bond motifs is 1. The summed E-state index contributed by atoms with van der Waals surface area (Å²) in [4.78, 5) is 7.93. The minimum Gasteiger partial charge on any atom is -0.387 e. The van der Waals surface area contributed by atoms with E-state index in [0.29, 0.717) is 0 Å². The van der Waals surface area contributed by atoms with Gasteiger partial charge in [0.05, 0.1) is 11.8 Å². The quantitative estimate of drug-likeness (QED) is 0.937. The number of benzene rings is 1. The monoisotopic (exact) mass is 308 g/mol. The molecule has 1 N–H and O–H groups in total. The molecule has 1 aliphatic carbocycles. The Bertz CT molecular complexity index is 614. The molecule has 0 aliphatic heterocycles. The van der Waals surface area contributed by atoms with E-state index in [1.165, 1.54) is 4.88 Å². The summed E-state index contributed by atoms with van der Waals surface area (Å²) in [5, 5.41) is 11.7. The van der Waals surface area contributed by atoms with E-state index in [1.54, 1.807) is 11.3 Å². The minimum absolute atomic E-state index is 0.391. The van der Waals surface area contributed by atoms with Crippen molar-refractivity contribution in [2.24, 2.45) is 0 Å². The maximum Gasteiger partial charge on any atom is 0.185 e. The summed E-state index contributed by atoms with van der Waals surface area (Å²) in [6.45, 7) is 0.724. The Balaban J connectivity index is 1.81. The van der Waals surface area contributed by atoms with Crippen molar-refractivity contribution in [1.82, 2.24) is 4.98 Å². The van der Waals surface area contributed by atoms with E-state index in [2.05, 4.69) is 9.88 Å². The van der Waals surface area contributed by atoms with Crippen LogP contribution >= 0.6 is 22.9 Å². The van der Waals surface area contributed by atoms with Gasteiger partial charge in [-0.25, -0.2) is 4.98 Å². The zero-order chi connectivity index (χ0) is 14.1.